The molecule has 1 fully saturated rings. The van der Waals surface area contributed by atoms with Gasteiger partial charge >= 0.3 is 0 Å². The van der Waals surface area contributed by atoms with Crippen LogP contribution in [-0.2, 0) is 4.79 Å². The first kappa shape index (κ1) is 9.78. The maximum atomic E-state index is 11.6. The van der Waals surface area contributed by atoms with E-state index >= 15 is 0 Å². The highest BCUT2D eigenvalue weighted by atomic mass is 32.2. The zero-order valence-electron chi connectivity index (χ0n) is 8.11. The molecule has 1 saturated carbocycles. The molecule has 0 aromatic heterocycles. The van der Waals surface area contributed by atoms with Crippen molar-refractivity contribution in [2.75, 3.05) is 0 Å². The highest BCUT2D eigenvalue weighted by molar-refractivity contribution is 8.00. The van der Waals surface area contributed by atoms with Crippen molar-refractivity contribution in [3.63, 3.8) is 0 Å². The van der Waals surface area contributed by atoms with Gasteiger partial charge in [-0.15, -0.1) is 11.8 Å². The lowest BCUT2D eigenvalue weighted by Gasteiger charge is -2.19. The molecule has 1 atom stereocenters. The Morgan fingerprint density at radius 3 is 2.64 bits per heavy atom. The van der Waals surface area contributed by atoms with Crippen LogP contribution >= 0.6 is 11.8 Å². The first-order valence-electron chi connectivity index (χ1n) is 5.11. The summed E-state index contributed by atoms with van der Waals surface area (Å²) in [6.07, 6.45) is 4.13. The van der Waals surface area contributed by atoms with Crippen molar-refractivity contribution in [2.45, 2.75) is 35.8 Å². The van der Waals surface area contributed by atoms with Crippen LogP contribution in [0.25, 0.3) is 0 Å². The van der Waals surface area contributed by atoms with Gasteiger partial charge in [0.15, 0.2) is 0 Å². The van der Waals surface area contributed by atoms with Crippen LogP contribution in [0.3, 0.4) is 0 Å². The first-order chi connectivity index (χ1) is 6.86. The number of Topliss-reactive ketones (excluding diaryl/α,β-unsaturated/α-hetero) is 1. The van der Waals surface area contributed by atoms with Crippen LogP contribution in [0.4, 0.5) is 0 Å². The predicted octanol–water partition coefficient (Wildman–Crippen LogP) is 3.29. The predicted molar refractivity (Wildman–Crippen MR) is 59.6 cm³/mol. The minimum absolute atomic E-state index is 0.214. The quantitative estimate of drug-likeness (QED) is 0.738. The second-order valence-corrected chi connectivity index (χ2v) is 4.91. The van der Waals surface area contributed by atoms with Gasteiger partial charge in [-0.3, -0.25) is 4.79 Å². The minimum atomic E-state index is 0.214. The van der Waals surface area contributed by atoms with Gasteiger partial charge in [-0.05, 0) is 25.0 Å². The van der Waals surface area contributed by atoms with Gasteiger partial charge in [-0.1, -0.05) is 24.6 Å². The van der Waals surface area contributed by atoms with E-state index in [1.165, 1.54) is 11.3 Å². The van der Waals surface area contributed by atoms with Crippen molar-refractivity contribution in [3.8, 4) is 0 Å². The lowest BCUT2D eigenvalue weighted by Crippen LogP contribution is -2.20. The molecule has 1 aliphatic rings. The normalized spacial score (nSPS) is 22.3. The SMILES string of the molecule is O=C1CCCC[C@H]1Sc1ccccc1. The highest BCUT2D eigenvalue weighted by Gasteiger charge is 2.22. The summed E-state index contributed by atoms with van der Waals surface area (Å²) < 4.78 is 0. The molecule has 0 unspecified atom stereocenters. The maximum absolute atomic E-state index is 11.6. The number of carbonyl (C=O) groups is 1. The molecule has 2 rings (SSSR count). The summed E-state index contributed by atoms with van der Waals surface area (Å²) in [4.78, 5) is 12.8. The van der Waals surface area contributed by atoms with Crippen molar-refractivity contribution in [3.05, 3.63) is 30.3 Å². The van der Waals surface area contributed by atoms with Gasteiger partial charge in [-0.2, -0.15) is 0 Å². The fourth-order valence-corrected chi connectivity index (χ4v) is 2.92. The van der Waals surface area contributed by atoms with Gasteiger partial charge < -0.3 is 0 Å². The second kappa shape index (κ2) is 4.65. The molecule has 0 aliphatic heterocycles. The first-order valence-corrected chi connectivity index (χ1v) is 5.98. The molecular weight excluding hydrogens is 192 g/mol. The number of thioether (sulfide) groups is 1. The average molecular weight is 206 g/mol. The molecule has 1 aromatic carbocycles. The molecule has 0 heterocycles. The molecule has 0 N–H and O–H groups in total. The molecular formula is C12H14OS. The molecule has 74 valence electrons. The molecule has 0 amide bonds. The van der Waals surface area contributed by atoms with Gasteiger partial charge in [0.2, 0.25) is 0 Å². The number of hydrogen-bond acceptors (Lipinski definition) is 2. The van der Waals surface area contributed by atoms with Crippen LogP contribution < -0.4 is 0 Å². The van der Waals surface area contributed by atoms with Crippen molar-refractivity contribution in [1.82, 2.24) is 0 Å². The standard InChI is InChI=1S/C12H14OS/c13-11-8-4-5-9-12(11)14-10-6-2-1-3-7-10/h1-3,6-7,12H,4-5,8-9H2/t12-/m1/s1. The zero-order valence-corrected chi connectivity index (χ0v) is 8.93. The summed E-state index contributed by atoms with van der Waals surface area (Å²) in [7, 11) is 0. The van der Waals surface area contributed by atoms with E-state index in [9.17, 15) is 4.79 Å². The van der Waals surface area contributed by atoms with Gasteiger partial charge in [0.05, 0.1) is 5.25 Å². The third-order valence-corrected chi connectivity index (χ3v) is 3.85. The molecule has 14 heavy (non-hydrogen) atoms. The minimum Gasteiger partial charge on any atom is -0.298 e. The van der Waals surface area contributed by atoms with E-state index in [0.717, 1.165) is 19.3 Å². The lowest BCUT2D eigenvalue weighted by molar-refractivity contribution is -0.119. The van der Waals surface area contributed by atoms with Crippen molar-refractivity contribution >= 4 is 17.5 Å². The summed E-state index contributed by atoms with van der Waals surface area (Å²) in [6, 6.07) is 10.2. The number of benzene rings is 1. The molecule has 0 saturated heterocycles. The van der Waals surface area contributed by atoms with Crippen molar-refractivity contribution in [2.24, 2.45) is 0 Å². The Morgan fingerprint density at radius 1 is 1.14 bits per heavy atom. The molecule has 0 bridgehead atoms. The third-order valence-electron chi connectivity index (χ3n) is 2.52. The lowest BCUT2D eigenvalue weighted by atomic mass is 9.99. The molecule has 0 radical (unpaired) electrons. The van der Waals surface area contributed by atoms with E-state index in [1.54, 1.807) is 11.8 Å². The van der Waals surface area contributed by atoms with Crippen LogP contribution in [-0.4, -0.2) is 11.0 Å². The van der Waals surface area contributed by atoms with E-state index in [1.807, 2.05) is 18.2 Å². The van der Waals surface area contributed by atoms with Crippen LogP contribution in [0.15, 0.2) is 35.2 Å². The third kappa shape index (κ3) is 2.38. The Hall–Kier alpha value is -0.760. The second-order valence-electron chi connectivity index (χ2n) is 3.63. The highest BCUT2D eigenvalue weighted by Crippen LogP contribution is 2.31. The van der Waals surface area contributed by atoms with E-state index in [2.05, 4.69) is 12.1 Å². The molecule has 1 aliphatic carbocycles. The smallest absolute Gasteiger partial charge is 0.146 e. The van der Waals surface area contributed by atoms with Crippen molar-refractivity contribution in [1.29, 1.82) is 0 Å². The van der Waals surface area contributed by atoms with Crippen LogP contribution in [0.2, 0.25) is 0 Å². The monoisotopic (exact) mass is 206 g/mol. The van der Waals surface area contributed by atoms with Gasteiger partial charge in [0, 0.05) is 11.3 Å². The van der Waals surface area contributed by atoms with Gasteiger partial charge in [-0.25, -0.2) is 0 Å². The molecule has 1 nitrogen and oxygen atoms in total. The fraction of sp³-hybridized carbons (Fsp3) is 0.417. The van der Waals surface area contributed by atoms with E-state index < -0.39 is 0 Å². The van der Waals surface area contributed by atoms with Crippen LogP contribution in [0, 0.1) is 0 Å². The van der Waals surface area contributed by atoms with E-state index in [-0.39, 0.29) is 5.25 Å². The average Bonchev–Trinajstić information content (AvgIpc) is 2.23. The molecule has 1 aromatic rings. The summed E-state index contributed by atoms with van der Waals surface area (Å²) in [5.74, 6) is 0.435. The molecule has 0 spiro atoms. The number of ketones is 1. The van der Waals surface area contributed by atoms with Gasteiger partial charge in [0.25, 0.3) is 0 Å². The zero-order chi connectivity index (χ0) is 9.80. The number of carbonyl (C=O) groups excluding carboxylic acids is 1. The number of hydrogen-bond donors (Lipinski definition) is 0. The Balaban J connectivity index is 2.00. The summed E-state index contributed by atoms with van der Waals surface area (Å²) >= 11 is 1.72. The van der Waals surface area contributed by atoms with Crippen LogP contribution in [0.1, 0.15) is 25.7 Å². The summed E-state index contributed by atoms with van der Waals surface area (Å²) in [6.45, 7) is 0. The fourth-order valence-electron chi connectivity index (χ4n) is 1.74. The van der Waals surface area contributed by atoms with E-state index in [0.29, 0.717) is 5.78 Å². The summed E-state index contributed by atoms with van der Waals surface area (Å²) in [5, 5.41) is 0.214. The Kier molecular flexibility index (Phi) is 3.25. The topological polar surface area (TPSA) is 17.1 Å². The Labute approximate surface area is 88.9 Å². The van der Waals surface area contributed by atoms with E-state index in [4.69, 9.17) is 0 Å². The van der Waals surface area contributed by atoms with Crippen LogP contribution in [0.5, 0.6) is 0 Å². The Morgan fingerprint density at radius 2 is 1.93 bits per heavy atom. The van der Waals surface area contributed by atoms with Crippen molar-refractivity contribution < 1.29 is 4.79 Å². The maximum Gasteiger partial charge on any atom is 0.146 e. The van der Waals surface area contributed by atoms with Gasteiger partial charge in [0.1, 0.15) is 5.78 Å². The Bertz CT molecular complexity index is 307. The number of rotatable bonds is 2. The largest absolute Gasteiger partial charge is 0.298 e. The summed E-state index contributed by atoms with van der Waals surface area (Å²) in [5.41, 5.74) is 0. The molecule has 2 heteroatoms.